The first-order valence-corrected chi connectivity index (χ1v) is 4.30. The van der Waals surface area contributed by atoms with Gasteiger partial charge in [0.15, 0.2) is 0 Å². The van der Waals surface area contributed by atoms with E-state index >= 15 is 0 Å². The fourth-order valence-corrected chi connectivity index (χ4v) is 0.629. The van der Waals surface area contributed by atoms with Crippen LogP contribution in [-0.2, 0) is 4.74 Å². The molecule has 0 aromatic carbocycles. The molecule has 0 aromatic rings. The second-order valence-corrected chi connectivity index (χ2v) is 2.81. The Morgan fingerprint density at radius 1 is 1.38 bits per heavy atom. The summed E-state index contributed by atoms with van der Waals surface area (Å²) in [6, 6.07) is 0. The Morgan fingerprint density at radius 2 is 2.00 bits per heavy atom. The number of ether oxygens (including phenoxy) is 1. The molecule has 0 bridgehead atoms. The van der Waals surface area contributed by atoms with Gasteiger partial charge in [0, 0.05) is 12.2 Å². The Hall–Kier alpha value is -0.510. The van der Waals surface area contributed by atoms with Crippen LogP contribution in [0.3, 0.4) is 0 Å². The van der Waals surface area contributed by atoms with E-state index in [9.17, 15) is 13.2 Å². The highest BCUT2D eigenvalue weighted by molar-refractivity contribution is 5.04. The van der Waals surface area contributed by atoms with Crippen molar-refractivity contribution in [3.05, 3.63) is 11.6 Å². The lowest BCUT2D eigenvalue weighted by atomic mass is 10.3. The zero-order valence-corrected chi connectivity index (χ0v) is 7.95. The Labute approximate surface area is 76.6 Å². The minimum absolute atomic E-state index is 0.0470. The maximum Gasteiger partial charge on any atom is 0.412 e. The van der Waals surface area contributed by atoms with Gasteiger partial charge >= 0.3 is 6.18 Å². The third kappa shape index (κ3) is 6.63. The lowest BCUT2D eigenvalue weighted by Gasteiger charge is -2.06. The molecule has 0 fully saturated rings. The van der Waals surface area contributed by atoms with E-state index in [2.05, 4.69) is 0 Å². The molecule has 0 aliphatic heterocycles. The van der Waals surface area contributed by atoms with Crippen LogP contribution in [0.1, 0.15) is 26.7 Å². The number of alkyl halides is 3. The van der Waals surface area contributed by atoms with E-state index in [1.807, 2.05) is 6.92 Å². The number of allylic oxidation sites excluding steroid dienone is 1. The zero-order chi connectivity index (χ0) is 10.3. The summed E-state index contributed by atoms with van der Waals surface area (Å²) < 4.78 is 40.7. The molecule has 0 aromatic heterocycles. The molecule has 0 radical (unpaired) electrons. The third-order valence-electron chi connectivity index (χ3n) is 1.60. The van der Waals surface area contributed by atoms with Gasteiger partial charge in [-0.15, -0.1) is 0 Å². The molecular weight excluding hydrogens is 181 g/mol. The first-order valence-electron chi connectivity index (χ1n) is 4.30. The van der Waals surface area contributed by atoms with Crippen LogP contribution >= 0.6 is 0 Å². The van der Waals surface area contributed by atoms with Crippen molar-refractivity contribution in [2.45, 2.75) is 32.9 Å². The summed E-state index contributed by atoms with van der Waals surface area (Å²) in [5.41, 5.74) is -0.594. The maximum atomic E-state index is 11.9. The lowest BCUT2D eigenvalue weighted by molar-refractivity contribution is -0.0919. The van der Waals surface area contributed by atoms with Crippen molar-refractivity contribution >= 4 is 0 Å². The molecule has 0 saturated heterocycles. The zero-order valence-electron chi connectivity index (χ0n) is 7.95. The molecule has 0 unspecified atom stereocenters. The second kappa shape index (κ2) is 6.02. The largest absolute Gasteiger partial charge is 0.412 e. The fourth-order valence-electron chi connectivity index (χ4n) is 0.629. The predicted octanol–water partition coefficient (Wildman–Crippen LogP) is 3.31. The van der Waals surface area contributed by atoms with E-state index in [0.717, 1.165) is 25.8 Å². The molecule has 0 spiro atoms. The van der Waals surface area contributed by atoms with Crippen LogP contribution in [0.4, 0.5) is 13.2 Å². The smallest absolute Gasteiger partial charge is 0.377 e. The summed E-state index contributed by atoms with van der Waals surface area (Å²) in [4.78, 5) is 0. The lowest BCUT2D eigenvalue weighted by Crippen LogP contribution is -2.09. The first kappa shape index (κ1) is 12.5. The number of halogens is 3. The summed E-state index contributed by atoms with van der Waals surface area (Å²) in [6.07, 6.45) is -1.27. The fraction of sp³-hybridized carbons (Fsp3) is 0.778. The van der Waals surface area contributed by atoms with E-state index < -0.39 is 11.7 Å². The Morgan fingerprint density at radius 3 is 2.46 bits per heavy atom. The van der Waals surface area contributed by atoms with Gasteiger partial charge in [-0.05, 0) is 13.3 Å². The number of hydrogen-bond donors (Lipinski definition) is 0. The van der Waals surface area contributed by atoms with Crippen LogP contribution in [0, 0.1) is 0 Å². The predicted molar refractivity (Wildman–Crippen MR) is 45.5 cm³/mol. The Kier molecular flexibility index (Phi) is 5.79. The van der Waals surface area contributed by atoms with Crippen molar-refractivity contribution in [1.82, 2.24) is 0 Å². The van der Waals surface area contributed by atoms with Crippen molar-refractivity contribution in [2.75, 3.05) is 13.2 Å². The van der Waals surface area contributed by atoms with Gasteiger partial charge in [-0.3, -0.25) is 0 Å². The highest BCUT2D eigenvalue weighted by Crippen LogP contribution is 2.24. The second-order valence-electron chi connectivity index (χ2n) is 2.81. The molecule has 0 heterocycles. The maximum absolute atomic E-state index is 11.9. The molecule has 0 rings (SSSR count). The average molecular weight is 196 g/mol. The highest BCUT2D eigenvalue weighted by Gasteiger charge is 2.29. The van der Waals surface area contributed by atoms with E-state index in [1.54, 1.807) is 0 Å². The van der Waals surface area contributed by atoms with Gasteiger partial charge in [0.05, 0.1) is 6.61 Å². The monoisotopic (exact) mass is 196 g/mol. The molecule has 0 N–H and O–H groups in total. The molecule has 0 aliphatic rings. The van der Waals surface area contributed by atoms with Crippen LogP contribution in [0.25, 0.3) is 0 Å². The summed E-state index contributed by atoms with van der Waals surface area (Å²) in [7, 11) is 0. The van der Waals surface area contributed by atoms with E-state index in [1.165, 1.54) is 0 Å². The Balaban J connectivity index is 3.60. The van der Waals surface area contributed by atoms with Crippen molar-refractivity contribution in [1.29, 1.82) is 0 Å². The average Bonchev–Trinajstić information content (AvgIpc) is 2.02. The first-order chi connectivity index (χ1) is 5.98. The highest BCUT2D eigenvalue weighted by atomic mass is 19.4. The van der Waals surface area contributed by atoms with Gasteiger partial charge in [-0.2, -0.15) is 13.2 Å². The Bertz CT molecular complexity index is 161. The molecule has 1 nitrogen and oxygen atoms in total. The molecular formula is C9H15F3O. The van der Waals surface area contributed by atoms with Crippen molar-refractivity contribution < 1.29 is 17.9 Å². The molecule has 13 heavy (non-hydrogen) atoms. The summed E-state index contributed by atoms with van der Waals surface area (Å²) >= 11 is 0. The number of rotatable bonds is 5. The van der Waals surface area contributed by atoms with Crippen LogP contribution < -0.4 is 0 Å². The van der Waals surface area contributed by atoms with Crippen LogP contribution in [0.5, 0.6) is 0 Å². The molecule has 0 saturated carbocycles. The minimum Gasteiger partial charge on any atom is -0.377 e. The quantitative estimate of drug-likeness (QED) is 0.484. The van der Waals surface area contributed by atoms with Crippen LogP contribution in [-0.4, -0.2) is 19.4 Å². The van der Waals surface area contributed by atoms with Gasteiger partial charge in [-0.1, -0.05) is 19.4 Å². The van der Waals surface area contributed by atoms with E-state index in [-0.39, 0.29) is 6.61 Å². The van der Waals surface area contributed by atoms with Gasteiger partial charge in [-0.25, -0.2) is 0 Å². The van der Waals surface area contributed by atoms with Gasteiger partial charge in [0.1, 0.15) is 0 Å². The molecule has 0 atom stereocenters. The van der Waals surface area contributed by atoms with Gasteiger partial charge in [0.25, 0.3) is 0 Å². The topological polar surface area (TPSA) is 9.23 Å². The van der Waals surface area contributed by atoms with Crippen LogP contribution in [0.2, 0.25) is 0 Å². The normalized spacial score (nSPS) is 13.5. The van der Waals surface area contributed by atoms with Crippen molar-refractivity contribution in [3.8, 4) is 0 Å². The van der Waals surface area contributed by atoms with Crippen molar-refractivity contribution in [2.24, 2.45) is 0 Å². The molecule has 0 aliphatic carbocycles. The minimum atomic E-state index is -4.21. The van der Waals surface area contributed by atoms with Crippen molar-refractivity contribution in [3.63, 3.8) is 0 Å². The summed E-state index contributed by atoms with van der Waals surface area (Å²) in [6.45, 7) is 3.62. The van der Waals surface area contributed by atoms with E-state index in [4.69, 9.17) is 4.74 Å². The van der Waals surface area contributed by atoms with Gasteiger partial charge < -0.3 is 4.74 Å². The van der Waals surface area contributed by atoms with E-state index in [0.29, 0.717) is 6.61 Å². The van der Waals surface area contributed by atoms with Gasteiger partial charge in [0.2, 0.25) is 0 Å². The number of unbranched alkanes of at least 4 members (excludes halogenated alkanes) is 1. The molecule has 0 amide bonds. The van der Waals surface area contributed by atoms with Crippen LogP contribution in [0.15, 0.2) is 11.6 Å². The standard InChI is InChI=1S/C9H15F3O/c1-3-4-6-13-7-5-8(2)9(10,11)12/h5H,3-4,6-7H2,1-2H3. The third-order valence-corrected chi connectivity index (χ3v) is 1.60. The summed E-state index contributed by atoms with van der Waals surface area (Å²) in [5, 5.41) is 0. The molecule has 78 valence electrons. The molecule has 4 heteroatoms. The number of hydrogen-bond acceptors (Lipinski definition) is 1. The SMILES string of the molecule is CCCCOCC=C(C)C(F)(F)F. The summed E-state index contributed by atoms with van der Waals surface area (Å²) in [5.74, 6) is 0.